The second kappa shape index (κ2) is 10.6. The summed E-state index contributed by atoms with van der Waals surface area (Å²) in [6, 6.07) is 15.2. The van der Waals surface area contributed by atoms with Gasteiger partial charge in [0, 0.05) is 38.8 Å². The molecule has 1 saturated carbocycles. The van der Waals surface area contributed by atoms with Crippen LogP contribution in [-0.2, 0) is 5.41 Å². The van der Waals surface area contributed by atoms with Gasteiger partial charge in [0.05, 0.1) is 11.5 Å². The number of hydrogen-bond donors (Lipinski definition) is 1. The lowest BCUT2D eigenvalue weighted by Gasteiger charge is -2.44. The number of benzene rings is 2. The fourth-order valence-electron chi connectivity index (χ4n) is 5.08. The van der Waals surface area contributed by atoms with Gasteiger partial charge < -0.3 is 9.84 Å². The van der Waals surface area contributed by atoms with Crippen LogP contribution in [0.4, 0.5) is 8.78 Å². The quantitative estimate of drug-likeness (QED) is 0.690. The van der Waals surface area contributed by atoms with Crippen LogP contribution in [0, 0.1) is 23.0 Å². The molecule has 2 fully saturated rings. The molecule has 1 atom stereocenters. The maximum atomic E-state index is 13.3. The van der Waals surface area contributed by atoms with Gasteiger partial charge in [-0.1, -0.05) is 12.1 Å². The summed E-state index contributed by atoms with van der Waals surface area (Å²) in [6.07, 6.45) is 2.89. The SMILES string of the molecule is N#CC1(c2ccc(F)cc2)CCC(N2CCN(CC(O)COc3ccc(F)cc3)CC2)CC1. The largest absolute Gasteiger partial charge is 0.491 e. The molecule has 2 aromatic rings. The van der Waals surface area contributed by atoms with Crippen LogP contribution in [0.15, 0.2) is 48.5 Å². The van der Waals surface area contributed by atoms with Crippen molar-refractivity contribution >= 4 is 0 Å². The van der Waals surface area contributed by atoms with E-state index in [1.165, 1.54) is 24.3 Å². The van der Waals surface area contributed by atoms with Gasteiger partial charge in [-0.15, -0.1) is 0 Å². The van der Waals surface area contributed by atoms with Gasteiger partial charge in [0.15, 0.2) is 0 Å². The van der Waals surface area contributed by atoms with Crippen molar-refractivity contribution in [3.63, 3.8) is 0 Å². The second-order valence-electron chi connectivity index (χ2n) is 9.19. The van der Waals surface area contributed by atoms with Gasteiger partial charge in [0.25, 0.3) is 0 Å². The van der Waals surface area contributed by atoms with E-state index in [2.05, 4.69) is 15.9 Å². The van der Waals surface area contributed by atoms with Crippen LogP contribution in [-0.4, -0.2) is 66.4 Å². The van der Waals surface area contributed by atoms with Gasteiger partial charge in [-0.2, -0.15) is 5.26 Å². The first kappa shape index (κ1) is 23.6. The van der Waals surface area contributed by atoms with Crippen molar-refractivity contribution in [2.45, 2.75) is 43.2 Å². The molecule has 1 aliphatic heterocycles. The molecular formula is C26H31F2N3O2. The Kier molecular flexibility index (Phi) is 7.59. The molecule has 0 spiro atoms. The molecule has 7 heteroatoms. The monoisotopic (exact) mass is 455 g/mol. The molecule has 1 heterocycles. The number of rotatable bonds is 7. The number of aliphatic hydroxyl groups is 1. The molecule has 1 N–H and O–H groups in total. The first-order valence-electron chi connectivity index (χ1n) is 11.7. The van der Waals surface area contributed by atoms with Crippen molar-refractivity contribution in [2.75, 3.05) is 39.3 Å². The van der Waals surface area contributed by atoms with E-state index in [0.29, 0.717) is 18.3 Å². The van der Waals surface area contributed by atoms with Crippen molar-refractivity contribution in [3.05, 3.63) is 65.7 Å². The summed E-state index contributed by atoms with van der Waals surface area (Å²) in [6.45, 7) is 4.35. The summed E-state index contributed by atoms with van der Waals surface area (Å²) < 4.78 is 31.8. The average molecular weight is 456 g/mol. The molecule has 176 valence electrons. The van der Waals surface area contributed by atoms with Gasteiger partial charge in [-0.3, -0.25) is 9.80 Å². The molecule has 0 amide bonds. The van der Waals surface area contributed by atoms with Gasteiger partial charge in [0.1, 0.15) is 30.1 Å². The Balaban J connectivity index is 1.20. The lowest BCUT2D eigenvalue weighted by molar-refractivity contribution is 0.0286. The summed E-state index contributed by atoms with van der Waals surface area (Å²) in [4.78, 5) is 4.75. The highest BCUT2D eigenvalue weighted by atomic mass is 19.1. The smallest absolute Gasteiger partial charge is 0.123 e. The Morgan fingerprint density at radius 1 is 0.970 bits per heavy atom. The summed E-state index contributed by atoms with van der Waals surface area (Å²) >= 11 is 0. The summed E-state index contributed by atoms with van der Waals surface area (Å²) in [5.41, 5.74) is 0.409. The number of ether oxygens (including phenoxy) is 1. The predicted molar refractivity (Wildman–Crippen MR) is 122 cm³/mol. The molecular weight excluding hydrogens is 424 g/mol. The molecule has 1 unspecified atom stereocenters. The minimum Gasteiger partial charge on any atom is -0.491 e. The Bertz CT molecular complexity index is 930. The molecule has 5 nitrogen and oxygen atoms in total. The van der Waals surface area contributed by atoms with E-state index in [9.17, 15) is 19.1 Å². The standard InChI is InChI=1S/C26H31F2N3O2/c27-21-3-1-20(2-4-21)26(19-29)11-9-23(10-12-26)31-15-13-30(14-16-31)17-24(32)18-33-25-7-5-22(28)6-8-25/h1-8,23-24,32H,9-18H2. The van der Waals surface area contributed by atoms with E-state index in [1.807, 2.05) is 0 Å². The highest BCUT2D eigenvalue weighted by Gasteiger charge is 2.39. The highest BCUT2D eigenvalue weighted by molar-refractivity contribution is 5.33. The number of hydrogen-bond acceptors (Lipinski definition) is 5. The van der Waals surface area contributed by atoms with Crippen molar-refractivity contribution in [2.24, 2.45) is 0 Å². The van der Waals surface area contributed by atoms with Gasteiger partial charge in [0.2, 0.25) is 0 Å². The second-order valence-corrected chi connectivity index (χ2v) is 9.19. The molecule has 2 aromatic carbocycles. The molecule has 2 aliphatic rings. The van der Waals surface area contributed by atoms with E-state index >= 15 is 0 Å². The summed E-state index contributed by atoms with van der Waals surface area (Å²) in [5, 5.41) is 20.2. The maximum absolute atomic E-state index is 13.3. The number of nitriles is 1. The summed E-state index contributed by atoms with van der Waals surface area (Å²) in [5.74, 6) is -0.0373. The van der Waals surface area contributed by atoms with E-state index in [0.717, 1.165) is 57.4 Å². The van der Waals surface area contributed by atoms with Gasteiger partial charge in [-0.05, 0) is 67.6 Å². The molecule has 33 heavy (non-hydrogen) atoms. The third-order valence-corrected chi connectivity index (χ3v) is 7.07. The van der Waals surface area contributed by atoms with Crippen LogP contribution in [0.25, 0.3) is 0 Å². The number of piperazine rings is 1. The number of halogens is 2. The average Bonchev–Trinajstić information content (AvgIpc) is 2.85. The maximum Gasteiger partial charge on any atom is 0.123 e. The van der Waals surface area contributed by atoms with E-state index in [4.69, 9.17) is 4.74 Å². The van der Waals surface area contributed by atoms with Crippen LogP contribution >= 0.6 is 0 Å². The zero-order valence-corrected chi connectivity index (χ0v) is 18.8. The van der Waals surface area contributed by atoms with E-state index in [-0.39, 0.29) is 18.2 Å². The highest BCUT2D eigenvalue weighted by Crippen LogP contribution is 2.40. The Labute approximate surface area is 194 Å². The number of nitrogens with zero attached hydrogens (tertiary/aromatic N) is 3. The van der Waals surface area contributed by atoms with E-state index < -0.39 is 11.5 Å². The van der Waals surface area contributed by atoms with Crippen LogP contribution in [0.3, 0.4) is 0 Å². The predicted octanol–water partition coefficient (Wildman–Crippen LogP) is 3.73. The molecule has 0 bridgehead atoms. The van der Waals surface area contributed by atoms with Crippen LogP contribution in [0.5, 0.6) is 5.75 Å². The third-order valence-electron chi connectivity index (χ3n) is 7.07. The van der Waals surface area contributed by atoms with Crippen LogP contribution in [0.1, 0.15) is 31.2 Å². The minimum absolute atomic E-state index is 0.175. The van der Waals surface area contributed by atoms with Crippen molar-refractivity contribution in [1.29, 1.82) is 5.26 Å². The van der Waals surface area contributed by atoms with Gasteiger partial charge >= 0.3 is 0 Å². The fourth-order valence-corrected chi connectivity index (χ4v) is 5.08. The molecule has 0 aromatic heterocycles. The normalized spacial score (nSPS) is 25.3. The Hall–Kier alpha value is -2.53. The topological polar surface area (TPSA) is 59.7 Å². The van der Waals surface area contributed by atoms with Crippen LogP contribution in [0.2, 0.25) is 0 Å². The van der Waals surface area contributed by atoms with Crippen molar-refractivity contribution in [3.8, 4) is 11.8 Å². The lowest BCUT2D eigenvalue weighted by Crippen LogP contribution is -2.53. The number of aliphatic hydroxyl groups excluding tert-OH is 1. The molecule has 4 rings (SSSR count). The fraction of sp³-hybridized carbons (Fsp3) is 0.500. The molecule has 1 saturated heterocycles. The molecule has 0 radical (unpaired) electrons. The van der Waals surface area contributed by atoms with Crippen molar-refractivity contribution < 1.29 is 18.6 Å². The number of β-amino-alcohol motifs (C(OH)–C–C–N with tert-alkyl or cyclic N) is 1. The minimum atomic E-state index is -0.608. The summed E-state index contributed by atoms with van der Waals surface area (Å²) in [7, 11) is 0. The first-order valence-corrected chi connectivity index (χ1v) is 11.7. The molecule has 1 aliphatic carbocycles. The third kappa shape index (κ3) is 5.89. The lowest BCUT2D eigenvalue weighted by atomic mass is 9.69. The van der Waals surface area contributed by atoms with E-state index in [1.54, 1.807) is 24.3 Å². The van der Waals surface area contributed by atoms with Gasteiger partial charge in [-0.25, -0.2) is 8.78 Å². The Morgan fingerprint density at radius 2 is 1.55 bits per heavy atom. The Morgan fingerprint density at radius 3 is 2.12 bits per heavy atom. The zero-order valence-electron chi connectivity index (χ0n) is 18.8. The van der Waals surface area contributed by atoms with Crippen LogP contribution < -0.4 is 4.74 Å². The zero-order chi connectivity index (χ0) is 23.3. The van der Waals surface area contributed by atoms with Crippen molar-refractivity contribution in [1.82, 2.24) is 9.80 Å². The first-order chi connectivity index (χ1) is 16.0.